The van der Waals surface area contributed by atoms with Gasteiger partial charge in [-0.15, -0.1) is 0 Å². The van der Waals surface area contributed by atoms with E-state index in [9.17, 15) is 14.0 Å². The summed E-state index contributed by atoms with van der Waals surface area (Å²) in [5.41, 5.74) is 0.159. The van der Waals surface area contributed by atoms with Crippen molar-refractivity contribution in [3.63, 3.8) is 0 Å². The first-order chi connectivity index (χ1) is 9.93. The van der Waals surface area contributed by atoms with Crippen molar-refractivity contribution in [1.29, 1.82) is 0 Å². The Kier molecular flexibility index (Phi) is 7.11. The first kappa shape index (κ1) is 17.4. The molecule has 0 aromatic heterocycles. The molecule has 0 saturated heterocycles. The number of carbonyl (C=O) groups excluding carboxylic acids is 2. The highest BCUT2D eigenvalue weighted by molar-refractivity contribution is 6.33. The zero-order valence-corrected chi connectivity index (χ0v) is 12.4. The summed E-state index contributed by atoms with van der Waals surface area (Å²) in [6, 6.07) is 3.37. The highest BCUT2D eigenvalue weighted by Gasteiger charge is 2.12. The van der Waals surface area contributed by atoms with Crippen molar-refractivity contribution < 1.29 is 19.1 Å². The summed E-state index contributed by atoms with van der Waals surface area (Å²) in [5, 5.41) is 14.0. The van der Waals surface area contributed by atoms with Crippen LogP contribution >= 0.6 is 11.6 Å². The van der Waals surface area contributed by atoms with E-state index >= 15 is 0 Å². The molecule has 0 spiro atoms. The predicted octanol–water partition coefficient (Wildman–Crippen LogP) is 1.49. The van der Waals surface area contributed by atoms with Gasteiger partial charge in [0, 0.05) is 25.6 Å². The molecule has 0 aliphatic rings. The summed E-state index contributed by atoms with van der Waals surface area (Å²) >= 11 is 5.77. The van der Waals surface area contributed by atoms with Crippen LogP contribution in [0.15, 0.2) is 18.2 Å². The summed E-state index contributed by atoms with van der Waals surface area (Å²) < 4.78 is 12.9. The average molecular weight is 317 g/mol. The Labute approximate surface area is 127 Å². The molecule has 1 atom stereocenters. The number of amides is 2. The normalized spacial score (nSPS) is 11.8. The van der Waals surface area contributed by atoms with Crippen LogP contribution in [0.3, 0.4) is 0 Å². The lowest BCUT2D eigenvalue weighted by Crippen LogP contribution is -2.36. The lowest BCUT2D eigenvalue weighted by atomic mass is 10.2. The number of nitrogens with one attached hydrogen (secondary N) is 2. The molecule has 1 unspecified atom stereocenters. The van der Waals surface area contributed by atoms with Gasteiger partial charge < -0.3 is 15.7 Å². The van der Waals surface area contributed by atoms with Crippen LogP contribution in [0.1, 0.15) is 30.1 Å². The largest absolute Gasteiger partial charge is 0.396 e. The molecule has 5 nitrogen and oxygen atoms in total. The number of benzene rings is 1. The van der Waals surface area contributed by atoms with Crippen LogP contribution in [0, 0.1) is 5.82 Å². The second-order valence-corrected chi connectivity index (χ2v) is 5.02. The highest BCUT2D eigenvalue weighted by atomic mass is 35.5. The van der Waals surface area contributed by atoms with Gasteiger partial charge in [-0.25, -0.2) is 4.39 Å². The number of rotatable bonds is 7. The van der Waals surface area contributed by atoms with Crippen molar-refractivity contribution in [2.24, 2.45) is 0 Å². The number of hydrogen-bond donors (Lipinski definition) is 3. The van der Waals surface area contributed by atoms with Crippen LogP contribution in [0.25, 0.3) is 0 Å². The van der Waals surface area contributed by atoms with Gasteiger partial charge in [0.15, 0.2) is 0 Å². The lowest BCUT2D eigenvalue weighted by molar-refractivity contribution is -0.121. The predicted molar refractivity (Wildman–Crippen MR) is 77.7 cm³/mol. The van der Waals surface area contributed by atoms with Gasteiger partial charge in [0.25, 0.3) is 5.91 Å². The van der Waals surface area contributed by atoms with Crippen molar-refractivity contribution in [3.05, 3.63) is 34.6 Å². The third-order valence-corrected chi connectivity index (χ3v) is 3.10. The molecular weight excluding hydrogens is 299 g/mol. The van der Waals surface area contributed by atoms with Gasteiger partial charge >= 0.3 is 0 Å². The van der Waals surface area contributed by atoms with E-state index in [0.717, 1.165) is 12.1 Å². The van der Waals surface area contributed by atoms with E-state index in [-0.39, 0.29) is 42.1 Å². The molecule has 7 heteroatoms. The van der Waals surface area contributed by atoms with Crippen molar-refractivity contribution in [2.75, 3.05) is 13.2 Å². The van der Waals surface area contributed by atoms with Gasteiger partial charge in [-0.3, -0.25) is 9.59 Å². The van der Waals surface area contributed by atoms with E-state index in [1.165, 1.54) is 6.07 Å². The van der Waals surface area contributed by atoms with Crippen LogP contribution < -0.4 is 10.6 Å². The molecule has 3 N–H and O–H groups in total. The van der Waals surface area contributed by atoms with Crippen molar-refractivity contribution >= 4 is 23.4 Å². The van der Waals surface area contributed by atoms with E-state index in [1.54, 1.807) is 6.92 Å². The fraction of sp³-hybridized carbons (Fsp3) is 0.429. The first-order valence-electron chi connectivity index (χ1n) is 6.57. The summed E-state index contributed by atoms with van der Waals surface area (Å²) in [5.74, 6) is -1.20. The maximum atomic E-state index is 12.9. The Morgan fingerprint density at radius 1 is 1.43 bits per heavy atom. The SMILES string of the molecule is CC(CCO)NC(=O)CCNC(=O)c1ccc(F)cc1Cl. The molecule has 1 aromatic carbocycles. The lowest BCUT2D eigenvalue weighted by Gasteiger charge is -2.12. The maximum Gasteiger partial charge on any atom is 0.252 e. The smallest absolute Gasteiger partial charge is 0.252 e. The van der Waals surface area contributed by atoms with Crippen LogP contribution in [-0.4, -0.2) is 36.1 Å². The molecule has 1 rings (SSSR count). The number of hydrogen-bond acceptors (Lipinski definition) is 3. The summed E-state index contributed by atoms with van der Waals surface area (Å²) in [7, 11) is 0. The van der Waals surface area contributed by atoms with Gasteiger partial charge in [-0.05, 0) is 31.5 Å². The highest BCUT2D eigenvalue weighted by Crippen LogP contribution is 2.16. The van der Waals surface area contributed by atoms with E-state index < -0.39 is 11.7 Å². The Hall–Kier alpha value is -1.66. The molecule has 21 heavy (non-hydrogen) atoms. The maximum absolute atomic E-state index is 12.9. The molecular formula is C14H18ClFN2O3. The summed E-state index contributed by atoms with van der Waals surface area (Å²) in [6.45, 7) is 1.93. The molecule has 0 fully saturated rings. The average Bonchev–Trinajstić information content (AvgIpc) is 2.38. The zero-order chi connectivity index (χ0) is 15.8. The topological polar surface area (TPSA) is 78.4 Å². The Morgan fingerprint density at radius 2 is 2.14 bits per heavy atom. The molecule has 116 valence electrons. The summed E-state index contributed by atoms with van der Waals surface area (Å²) in [4.78, 5) is 23.3. The van der Waals surface area contributed by atoms with Gasteiger partial charge in [-0.2, -0.15) is 0 Å². The number of halogens is 2. The van der Waals surface area contributed by atoms with E-state index in [1.807, 2.05) is 0 Å². The monoisotopic (exact) mass is 316 g/mol. The quantitative estimate of drug-likeness (QED) is 0.713. The number of aliphatic hydroxyl groups is 1. The van der Waals surface area contributed by atoms with Gasteiger partial charge in [0.1, 0.15) is 5.82 Å². The van der Waals surface area contributed by atoms with E-state index in [2.05, 4.69) is 10.6 Å². The fourth-order valence-electron chi connectivity index (χ4n) is 1.67. The Balaban J connectivity index is 2.38. The van der Waals surface area contributed by atoms with Gasteiger partial charge in [-0.1, -0.05) is 11.6 Å². The molecule has 0 bridgehead atoms. The minimum atomic E-state index is -0.520. The van der Waals surface area contributed by atoms with Gasteiger partial charge in [0.05, 0.1) is 10.6 Å². The third-order valence-electron chi connectivity index (χ3n) is 2.78. The molecule has 0 heterocycles. The first-order valence-corrected chi connectivity index (χ1v) is 6.95. The second-order valence-electron chi connectivity index (χ2n) is 4.61. The van der Waals surface area contributed by atoms with Crippen LogP contribution in [0.5, 0.6) is 0 Å². The standard InChI is InChI=1S/C14H18ClFN2O3/c1-9(5-7-19)18-13(20)4-6-17-14(21)11-3-2-10(16)8-12(11)15/h2-3,8-9,19H,4-7H2,1H3,(H,17,21)(H,18,20). The second kappa shape index (κ2) is 8.59. The summed E-state index contributed by atoms with van der Waals surface area (Å²) in [6.07, 6.45) is 0.587. The van der Waals surface area contributed by atoms with Crippen LogP contribution in [-0.2, 0) is 4.79 Å². The van der Waals surface area contributed by atoms with Crippen molar-refractivity contribution in [2.45, 2.75) is 25.8 Å². The van der Waals surface area contributed by atoms with Crippen LogP contribution in [0.2, 0.25) is 5.02 Å². The number of carbonyl (C=O) groups is 2. The van der Waals surface area contributed by atoms with Crippen molar-refractivity contribution in [3.8, 4) is 0 Å². The number of aliphatic hydroxyl groups excluding tert-OH is 1. The third kappa shape index (κ3) is 6.10. The Morgan fingerprint density at radius 3 is 2.76 bits per heavy atom. The van der Waals surface area contributed by atoms with Crippen LogP contribution in [0.4, 0.5) is 4.39 Å². The van der Waals surface area contributed by atoms with Gasteiger partial charge in [0.2, 0.25) is 5.91 Å². The van der Waals surface area contributed by atoms with E-state index in [0.29, 0.717) is 6.42 Å². The molecule has 0 aliphatic heterocycles. The Bertz CT molecular complexity index is 511. The van der Waals surface area contributed by atoms with E-state index in [4.69, 9.17) is 16.7 Å². The minimum absolute atomic E-state index is 0.00124. The molecule has 0 aliphatic carbocycles. The molecule has 2 amide bonds. The fourth-order valence-corrected chi connectivity index (χ4v) is 1.92. The molecule has 0 radical (unpaired) electrons. The molecule has 0 saturated carbocycles. The minimum Gasteiger partial charge on any atom is -0.396 e. The zero-order valence-electron chi connectivity index (χ0n) is 11.7. The van der Waals surface area contributed by atoms with Crippen molar-refractivity contribution in [1.82, 2.24) is 10.6 Å². The molecule has 1 aromatic rings.